The van der Waals surface area contributed by atoms with Crippen molar-refractivity contribution in [1.29, 1.82) is 0 Å². The molecule has 0 aliphatic rings. The first kappa shape index (κ1) is 32.3. The van der Waals surface area contributed by atoms with Crippen molar-refractivity contribution in [3.05, 3.63) is 34.9 Å². The predicted molar refractivity (Wildman–Crippen MR) is 145 cm³/mol. The van der Waals surface area contributed by atoms with Gasteiger partial charge >= 0.3 is 0 Å². The molecular weight excluding hydrogens is 428 g/mol. The number of ether oxygens (including phenoxy) is 2. The number of allylic oxidation sites excluding steroid dienone is 2. The molecule has 0 rings (SSSR count). The van der Waals surface area contributed by atoms with Gasteiger partial charge in [-0.25, -0.2) is 0 Å². The second kappa shape index (κ2) is 16.0. The third kappa shape index (κ3) is 11.5. The van der Waals surface area contributed by atoms with Crippen molar-refractivity contribution in [2.45, 2.75) is 105 Å². The summed E-state index contributed by atoms with van der Waals surface area (Å²) in [5, 5.41) is 9.88. The summed E-state index contributed by atoms with van der Waals surface area (Å²) in [6.45, 7) is 23.5. The molecule has 0 aliphatic carbocycles. The van der Waals surface area contributed by atoms with Crippen LogP contribution in [0.3, 0.4) is 0 Å². The maximum atomic E-state index is 9.67. The number of aliphatic hydroxyl groups excluding tert-OH is 1. The van der Waals surface area contributed by atoms with Crippen LogP contribution in [0.25, 0.3) is 0 Å². The van der Waals surface area contributed by atoms with Gasteiger partial charge in [0.05, 0.1) is 19.3 Å². The van der Waals surface area contributed by atoms with Gasteiger partial charge in [-0.3, -0.25) is 0 Å². The maximum Gasteiger partial charge on any atom is 0.192 e. The molecule has 0 amide bonds. The summed E-state index contributed by atoms with van der Waals surface area (Å²) in [6.07, 6.45) is 10.6. The molecule has 0 saturated heterocycles. The Labute approximate surface area is 206 Å². The Balaban J connectivity index is 5.80. The SMILES string of the molecule is CC/C(=C/[C@H](CC)[C@H](OCOC)[C@@H](C)/C=C(/C=C(\CC)CO[Si](C)(C)C(C)(C)C)CC)CO. The molecule has 0 saturated carbocycles. The Morgan fingerprint density at radius 2 is 1.58 bits per heavy atom. The maximum absolute atomic E-state index is 9.67. The lowest BCUT2D eigenvalue weighted by Gasteiger charge is -2.36. The molecule has 0 aliphatic heterocycles. The van der Waals surface area contributed by atoms with Crippen LogP contribution in [0.4, 0.5) is 0 Å². The second-order valence-corrected chi connectivity index (χ2v) is 15.4. The first-order valence-electron chi connectivity index (χ1n) is 12.9. The van der Waals surface area contributed by atoms with E-state index in [0.717, 1.165) is 31.3 Å². The third-order valence-electron chi connectivity index (χ3n) is 7.05. The first-order chi connectivity index (χ1) is 15.4. The van der Waals surface area contributed by atoms with Gasteiger partial charge < -0.3 is 19.0 Å². The van der Waals surface area contributed by atoms with Crippen LogP contribution in [-0.2, 0) is 13.9 Å². The molecule has 0 aromatic carbocycles. The monoisotopic (exact) mass is 482 g/mol. The Hall–Kier alpha value is -0.723. The smallest absolute Gasteiger partial charge is 0.192 e. The number of hydrogen-bond donors (Lipinski definition) is 1. The lowest BCUT2D eigenvalue weighted by Crippen LogP contribution is -2.41. The van der Waals surface area contributed by atoms with E-state index in [1.807, 2.05) is 0 Å². The van der Waals surface area contributed by atoms with Gasteiger partial charge in [0.1, 0.15) is 6.79 Å². The Morgan fingerprint density at radius 3 is 2.00 bits per heavy atom. The number of aliphatic hydroxyl groups is 1. The molecule has 33 heavy (non-hydrogen) atoms. The highest BCUT2D eigenvalue weighted by Gasteiger charge is 2.37. The zero-order valence-electron chi connectivity index (χ0n) is 23.6. The minimum atomic E-state index is -1.77. The van der Waals surface area contributed by atoms with Crippen LogP contribution in [0, 0.1) is 11.8 Å². The fourth-order valence-electron chi connectivity index (χ4n) is 3.54. The van der Waals surface area contributed by atoms with E-state index in [0.29, 0.717) is 6.61 Å². The van der Waals surface area contributed by atoms with Crippen molar-refractivity contribution in [2.24, 2.45) is 11.8 Å². The van der Waals surface area contributed by atoms with Crippen LogP contribution in [0.1, 0.15) is 81.1 Å². The standard InChI is InChI=1S/C28H54O4Si/c1-12-23(17-25(14-3)20-32-33(10,11)28(6,7)8)16-22(5)27(31-21-30-9)26(15-4)18-24(13-2)19-29/h16-18,22,26-27,29H,12-15,19-21H2,1-11H3/b23-16+,24-18-,25-17+/t22-,26-,27+/m0/s1. The largest absolute Gasteiger partial charge is 0.413 e. The summed E-state index contributed by atoms with van der Waals surface area (Å²) >= 11 is 0. The molecule has 0 aromatic rings. The fraction of sp³-hybridized carbons (Fsp3) is 0.786. The number of rotatable bonds is 16. The highest BCUT2D eigenvalue weighted by molar-refractivity contribution is 6.74. The van der Waals surface area contributed by atoms with Gasteiger partial charge in [-0.2, -0.15) is 0 Å². The van der Waals surface area contributed by atoms with Crippen LogP contribution < -0.4 is 0 Å². The summed E-state index contributed by atoms with van der Waals surface area (Å²) in [5.41, 5.74) is 3.73. The molecule has 0 bridgehead atoms. The van der Waals surface area contributed by atoms with Crippen molar-refractivity contribution < 1.29 is 19.0 Å². The molecule has 194 valence electrons. The topological polar surface area (TPSA) is 47.9 Å². The summed E-state index contributed by atoms with van der Waals surface area (Å²) in [6, 6.07) is 0. The van der Waals surface area contributed by atoms with Gasteiger partial charge in [0, 0.05) is 18.9 Å². The van der Waals surface area contributed by atoms with Crippen LogP contribution in [0.5, 0.6) is 0 Å². The van der Waals surface area contributed by atoms with Crippen LogP contribution in [-0.4, -0.2) is 46.6 Å². The van der Waals surface area contributed by atoms with E-state index in [1.54, 1.807) is 7.11 Å². The highest BCUT2D eigenvalue weighted by atomic mass is 28.4. The van der Waals surface area contributed by atoms with Crippen molar-refractivity contribution in [3.8, 4) is 0 Å². The lowest BCUT2D eigenvalue weighted by molar-refractivity contribution is -0.0975. The molecule has 0 aromatic heterocycles. The van der Waals surface area contributed by atoms with Crippen LogP contribution >= 0.6 is 0 Å². The molecule has 0 unspecified atom stereocenters. The van der Waals surface area contributed by atoms with Crippen LogP contribution in [0.15, 0.2) is 34.9 Å². The normalized spacial score (nSPS) is 17.3. The summed E-state index contributed by atoms with van der Waals surface area (Å²) in [5.74, 6) is 0.437. The van der Waals surface area contributed by atoms with E-state index in [-0.39, 0.29) is 36.4 Å². The molecule has 0 heterocycles. The average Bonchev–Trinajstić information content (AvgIpc) is 2.77. The van der Waals surface area contributed by atoms with Crippen molar-refractivity contribution >= 4 is 8.32 Å². The van der Waals surface area contributed by atoms with E-state index in [1.165, 1.54) is 11.1 Å². The zero-order chi connectivity index (χ0) is 25.7. The molecule has 5 heteroatoms. The lowest BCUT2D eigenvalue weighted by atomic mass is 9.86. The van der Waals surface area contributed by atoms with Crippen molar-refractivity contribution in [1.82, 2.24) is 0 Å². The fourth-order valence-corrected chi connectivity index (χ4v) is 4.52. The van der Waals surface area contributed by atoms with E-state index >= 15 is 0 Å². The zero-order valence-corrected chi connectivity index (χ0v) is 24.6. The van der Waals surface area contributed by atoms with E-state index in [4.69, 9.17) is 13.9 Å². The number of hydrogen-bond acceptors (Lipinski definition) is 4. The van der Waals surface area contributed by atoms with Gasteiger partial charge in [-0.15, -0.1) is 0 Å². The van der Waals surface area contributed by atoms with E-state index in [9.17, 15) is 5.11 Å². The van der Waals surface area contributed by atoms with Gasteiger partial charge in [0.2, 0.25) is 0 Å². The van der Waals surface area contributed by atoms with Gasteiger partial charge in [0.15, 0.2) is 8.32 Å². The summed E-state index contributed by atoms with van der Waals surface area (Å²) in [7, 11) is -0.112. The molecule has 4 nitrogen and oxygen atoms in total. The molecule has 1 N–H and O–H groups in total. The van der Waals surface area contributed by atoms with Crippen molar-refractivity contribution in [3.63, 3.8) is 0 Å². The average molecular weight is 483 g/mol. The summed E-state index contributed by atoms with van der Waals surface area (Å²) in [4.78, 5) is 0. The van der Waals surface area contributed by atoms with Crippen molar-refractivity contribution in [2.75, 3.05) is 27.1 Å². The molecule has 0 spiro atoms. The molecular formula is C28H54O4Si. The Morgan fingerprint density at radius 1 is 0.970 bits per heavy atom. The minimum Gasteiger partial charge on any atom is -0.413 e. The summed E-state index contributed by atoms with van der Waals surface area (Å²) < 4.78 is 17.9. The number of methoxy groups -OCH3 is 1. The Kier molecular flexibility index (Phi) is 15.7. The van der Waals surface area contributed by atoms with Gasteiger partial charge in [-0.05, 0) is 55.0 Å². The predicted octanol–water partition coefficient (Wildman–Crippen LogP) is 7.66. The molecule has 0 fully saturated rings. The molecule has 0 radical (unpaired) electrons. The van der Waals surface area contributed by atoms with Crippen LogP contribution in [0.2, 0.25) is 18.1 Å². The van der Waals surface area contributed by atoms with E-state index < -0.39 is 8.32 Å². The minimum absolute atomic E-state index is 0.00782. The quantitative estimate of drug-likeness (QED) is 0.106. The highest BCUT2D eigenvalue weighted by Crippen LogP contribution is 2.37. The Bertz CT molecular complexity index is 622. The molecule has 3 atom stereocenters. The third-order valence-corrected chi connectivity index (χ3v) is 11.5. The first-order valence-corrected chi connectivity index (χ1v) is 15.8. The second-order valence-electron chi connectivity index (χ2n) is 10.6. The van der Waals surface area contributed by atoms with Gasteiger partial charge in [0.25, 0.3) is 0 Å². The van der Waals surface area contributed by atoms with E-state index in [2.05, 4.69) is 86.7 Å². The van der Waals surface area contributed by atoms with Gasteiger partial charge in [-0.1, -0.05) is 79.2 Å².